The van der Waals surface area contributed by atoms with Gasteiger partial charge in [-0.05, 0) is 66.4 Å². The number of aryl methyl sites for hydroxylation is 1. The number of carbonyl (C=O) groups excluding carboxylic acids is 2. The maximum Gasteiger partial charge on any atom is 0.264 e. The molecular weight excluding hydrogens is 614 g/mol. The summed E-state index contributed by atoms with van der Waals surface area (Å²) in [4.78, 5) is 30.1. The minimum absolute atomic E-state index is 0.0221. The van der Waals surface area contributed by atoms with Crippen molar-refractivity contribution in [3.05, 3.63) is 120 Å². The summed E-state index contributed by atoms with van der Waals surface area (Å²) in [5, 5.41) is 3.01. The first-order valence-electron chi connectivity index (χ1n) is 15.6. The molecule has 0 saturated carbocycles. The highest BCUT2D eigenvalue weighted by Crippen LogP contribution is 2.34. The van der Waals surface area contributed by atoms with Crippen LogP contribution in [0.1, 0.15) is 36.5 Å². The lowest BCUT2D eigenvalue weighted by Gasteiger charge is -2.34. The van der Waals surface area contributed by atoms with Crippen molar-refractivity contribution in [3.63, 3.8) is 0 Å². The number of hydrogen-bond donors (Lipinski definition) is 1. The van der Waals surface area contributed by atoms with Crippen molar-refractivity contribution in [1.82, 2.24) is 10.2 Å². The molecule has 4 rings (SSSR count). The molecular formula is C37H43N3O6S. The van der Waals surface area contributed by atoms with Crippen molar-refractivity contribution >= 4 is 27.5 Å². The van der Waals surface area contributed by atoms with E-state index in [1.165, 1.54) is 24.1 Å². The minimum atomic E-state index is -4.25. The summed E-state index contributed by atoms with van der Waals surface area (Å²) in [5.74, 6) is 0.0201. The van der Waals surface area contributed by atoms with E-state index in [2.05, 4.69) is 5.32 Å². The molecule has 248 valence electrons. The highest BCUT2D eigenvalue weighted by atomic mass is 32.2. The maximum absolute atomic E-state index is 14.7. The Morgan fingerprint density at radius 2 is 1.51 bits per heavy atom. The quantitative estimate of drug-likeness (QED) is 0.154. The van der Waals surface area contributed by atoms with Crippen LogP contribution in [0, 0.1) is 6.92 Å². The zero-order chi connectivity index (χ0) is 33.8. The molecule has 47 heavy (non-hydrogen) atoms. The summed E-state index contributed by atoms with van der Waals surface area (Å²) < 4.78 is 40.7. The second kappa shape index (κ2) is 16.6. The topological polar surface area (TPSA) is 105 Å². The van der Waals surface area contributed by atoms with Crippen molar-refractivity contribution in [2.24, 2.45) is 0 Å². The Kier molecular flexibility index (Phi) is 12.4. The summed E-state index contributed by atoms with van der Waals surface area (Å²) in [6.45, 7) is 3.79. The van der Waals surface area contributed by atoms with E-state index in [0.29, 0.717) is 18.0 Å². The van der Waals surface area contributed by atoms with Crippen LogP contribution in [0.2, 0.25) is 0 Å². The average Bonchev–Trinajstić information content (AvgIpc) is 3.09. The number of nitrogens with one attached hydrogen (secondary N) is 1. The van der Waals surface area contributed by atoms with E-state index in [4.69, 9.17) is 9.47 Å². The summed E-state index contributed by atoms with van der Waals surface area (Å²) in [6, 6.07) is 28.9. The van der Waals surface area contributed by atoms with Crippen LogP contribution in [0.25, 0.3) is 0 Å². The summed E-state index contributed by atoms with van der Waals surface area (Å²) in [6.07, 6.45) is 1.90. The third-order valence-corrected chi connectivity index (χ3v) is 9.57. The van der Waals surface area contributed by atoms with E-state index >= 15 is 0 Å². The normalized spacial score (nSPS) is 11.7. The Labute approximate surface area is 278 Å². The Morgan fingerprint density at radius 3 is 2.17 bits per heavy atom. The summed E-state index contributed by atoms with van der Waals surface area (Å²) in [5.41, 5.74) is 2.59. The standard InChI is InChI=1S/C37H43N3O6S/c1-5-6-22-38-37(42)34(25-29-14-9-7-10-15-29)39(26-30-16-13-17-31(24-30)45-3)36(41)27-40(33-23-28(2)20-21-35(33)46-4)47(43,44)32-18-11-8-12-19-32/h7-21,23-24,34H,5-6,22,25-27H2,1-4H3,(H,38,42)/t34-/m0/s1. The van der Waals surface area contributed by atoms with Gasteiger partial charge in [0.1, 0.15) is 24.1 Å². The fraction of sp³-hybridized carbons (Fsp3) is 0.297. The van der Waals surface area contributed by atoms with E-state index < -0.39 is 28.5 Å². The van der Waals surface area contributed by atoms with Crippen molar-refractivity contribution in [2.45, 2.75) is 50.6 Å². The second-order valence-electron chi connectivity index (χ2n) is 11.2. The van der Waals surface area contributed by atoms with Gasteiger partial charge >= 0.3 is 0 Å². The summed E-state index contributed by atoms with van der Waals surface area (Å²) >= 11 is 0. The van der Waals surface area contributed by atoms with Crippen molar-refractivity contribution in [1.29, 1.82) is 0 Å². The SMILES string of the molecule is CCCCNC(=O)[C@H](Cc1ccccc1)N(Cc1cccc(OC)c1)C(=O)CN(c1cc(C)ccc1OC)S(=O)(=O)c1ccccc1. The van der Waals surface area contributed by atoms with E-state index in [-0.39, 0.29) is 29.5 Å². The summed E-state index contributed by atoms with van der Waals surface area (Å²) in [7, 11) is -1.24. The number of anilines is 1. The number of sulfonamides is 1. The lowest BCUT2D eigenvalue weighted by Crippen LogP contribution is -2.53. The van der Waals surface area contributed by atoms with Gasteiger partial charge < -0.3 is 19.7 Å². The predicted molar refractivity (Wildman–Crippen MR) is 184 cm³/mol. The van der Waals surface area contributed by atoms with Gasteiger partial charge in [0.15, 0.2) is 0 Å². The molecule has 9 nitrogen and oxygen atoms in total. The molecule has 0 heterocycles. The third kappa shape index (κ3) is 9.13. The largest absolute Gasteiger partial charge is 0.497 e. The van der Waals surface area contributed by atoms with Gasteiger partial charge in [-0.25, -0.2) is 8.42 Å². The zero-order valence-electron chi connectivity index (χ0n) is 27.4. The molecule has 0 saturated heterocycles. The number of methoxy groups -OCH3 is 2. The molecule has 0 spiro atoms. The van der Waals surface area contributed by atoms with E-state index in [9.17, 15) is 18.0 Å². The molecule has 4 aromatic carbocycles. The Morgan fingerprint density at radius 1 is 0.830 bits per heavy atom. The van der Waals surface area contributed by atoms with Crippen LogP contribution in [-0.2, 0) is 32.6 Å². The molecule has 0 bridgehead atoms. The number of nitrogens with zero attached hydrogens (tertiary/aromatic N) is 2. The van der Waals surface area contributed by atoms with Gasteiger partial charge in [0.2, 0.25) is 11.8 Å². The molecule has 0 aromatic heterocycles. The lowest BCUT2D eigenvalue weighted by atomic mass is 10.0. The van der Waals surface area contributed by atoms with Gasteiger partial charge in [-0.3, -0.25) is 13.9 Å². The van der Waals surface area contributed by atoms with Crippen LogP contribution in [0.4, 0.5) is 5.69 Å². The molecule has 0 aliphatic carbocycles. The molecule has 0 aliphatic rings. The first-order valence-corrected chi connectivity index (χ1v) is 17.1. The van der Waals surface area contributed by atoms with Crippen LogP contribution >= 0.6 is 0 Å². The molecule has 10 heteroatoms. The highest BCUT2D eigenvalue weighted by molar-refractivity contribution is 7.92. The highest BCUT2D eigenvalue weighted by Gasteiger charge is 2.35. The molecule has 2 amide bonds. The number of ether oxygens (including phenoxy) is 2. The van der Waals surface area contributed by atoms with Gasteiger partial charge in [0.05, 0.1) is 24.8 Å². The molecule has 0 aliphatic heterocycles. The van der Waals surface area contributed by atoms with E-state index in [1.807, 2.05) is 62.4 Å². The number of rotatable bonds is 16. The van der Waals surface area contributed by atoms with E-state index in [0.717, 1.165) is 33.8 Å². The van der Waals surface area contributed by atoms with Crippen LogP contribution < -0.4 is 19.1 Å². The number of benzene rings is 4. The number of carbonyl (C=O) groups is 2. The van der Waals surface area contributed by atoms with Crippen molar-refractivity contribution in [3.8, 4) is 11.5 Å². The fourth-order valence-corrected chi connectivity index (χ4v) is 6.69. The van der Waals surface area contributed by atoms with Crippen LogP contribution in [0.5, 0.6) is 11.5 Å². The molecule has 0 unspecified atom stereocenters. The number of unbranched alkanes of at least 4 members (excludes halogenated alkanes) is 1. The van der Waals surface area contributed by atoms with Crippen molar-refractivity contribution < 1.29 is 27.5 Å². The van der Waals surface area contributed by atoms with Crippen molar-refractivity contribution in [2.75, 3.05) is 31.6 Å². The Balaban J connectivity index is 1.84. The first kappa shape index (κ1) is 35.0. The Hall–Kier alpha value is -4.83. The van der Waals surface area contributed by atoms with Gasteiger partial charge in [-0.1, -0.05) is 80.1 Å². The third-order valence-electron chi connectivity index (χ3n) is 7.80. The Bertz CT molecular complexity index is 1730. The first-order chi connectivity index (χ1) is 22.7. The van der Waals surface area contributed by atoms with Crippen LogP contribution in [0.15, 0.2) is 108 Å². The average molecular weight is 658 g/mol. The molecule has 4 aromatic rings. The predicted octanol–water partition coefficient (Wildman–Crippen LogP) is 5.76. The van der Waals surface area contributed by atoms with Crippen LogP contribution in [0.3, 0.4) is 0 Å². The van der Waals surface area contributed by atoms with Crippen LogP contribution in [-0.4, -0.2) is 58.5 Å². The second-order valence-corrected chi connectivity index (χ2v) is 13.1. The minimum Gasteiger partial charge on any atom is -0.497 e. The van der Waals surface area contributed by atoms with Gasteiger partial charge in [-0.2, -0.15) is 0 Å². The lowest BCUT2D eigenvalue weighted by molar-refractivity contribution is -0.140. The molecule has 0 radical (unpaired) electrons. The smallest absolute Gasteiger partial charge is 0.264 e. The van der Waals surface area contributed by atoms with Gasteiger partial charge in [-0.15, -0.1) is 0 Å². The monoisotopic (exact) mass is 657 g/mol. The number of hydrogen-bond acceptors (Lipinski definition) is 6. The molecule has 0 fully saturated rings. The maximum atomic E-state index is 14.7. The molecule has 1 atom stereocenters. The van der Waals surface area contributed by atoms with Gasteiger partial charge in [0, 0.05) is 19.5 Å². The fourth-order valence-electron chi connectivity index (χ4n) is 5.26. The molecule has 1 N–H and O–H groups in total. The number of amides is 2. The van der Waals surface area contributed by atoms with Gasteiger partial charge in [0.25, 0.3) is 10.0 Å². The van der Waals surface area contributed by atoms with E-state index in [1.54, 1.807) is 49.6 Å². The zero-order valence-corrected chi connectivity index (χ0v) is 28.2.